The predicted octanol–water partition coefficient (Wildman–Crippen LogP) is 2.70. The Hall–Kier alpha value is -4.05. The topological polar surface area (TPSA) is 113 Å². The molecule has 0 N–H and O–H groups in total. The number of ether oxygens (including phenoxy) is 3. The van der Waals surface area contributed by atoms with Crippen molar-refractivity contribution in [1.82, 2.24) is 14.0 Å². The SMILES string of the molecule is CCOCCCn1c(=NC(=O)/C=C/C=C\OC)c(C(=O)OCC)cc2c(=O)n3cccc(C)c3nc21. The molecule has 0 aromatic carbocycles. The van der Waals surface area contributed by atoms with Crippen LogP contribution in [0.3, 0.4) is 0 Å². The number of esters is 1. The number of hydrogen-bond donors (Lipinski definition) is 0. The van der Waals surface area contributed by atoms with Gasteiger partial charge in [-0.3, -0.25) is 14.0 Å². The number of rotatable bonds is 10. The second kappa shape index (κ2) is 12.6. The van der Waals surface area contributed by atoms with Crippen molar-refractivity contribution in [2.45, 2.75) is 33.7 Å². The van der Waals surface area contributed by atoms with Gasteiger partial charge in [-0.1, -0.05) is 12.1 Å². The minimum absolute atomic E-state index is 0.00134. The second-order valence-electron chi connectivity index (χ2n) is 7.72. The molecule has 0 atom stereocenters. The van der Waals surface area contributed by atoms with Crippen LogP contribution in [0.25, 0.3) is 16.7 Å². The van der Waals surface area contributed by atoms with Gasteiger partial charge in [0.1, 0.15) is 16.9 Å². The Kier molecular flexibility index (Phi) is 9.29. The summed E-state index contributed by atoms with van der Waals surface area (Å²) in [6.45, 7) is 6.83. The van der Waals surface area contributed by atoms with Gasteiger partial charge in [-0.25, -0.2) is 9.78 Å². The van der Waals surface area contributed by atoms with E-state index in [-0.39, 0.29) is 28.6 Å². The zero-order valence-electron chi connectivity index (χ0n) is 20.9. The fourth-order valence-corrected chi connectivity index (χ4v) is 3.65. The molecule has 1 amide bonds. The Balaban J connectivity index is 2.38. The summed E-state index contributed by atoms with van der Waals surface area (Å²) in [5.41, 5.74) is 1.31. The zero-order chi connectivity index (χ0) is 26.1. The van der Waals surface area contributed by atoms with Crippen molar-refractivity contribution < 1.29 is 23.8 Å². The highest BCUT2D eigenvalue weighted by molar-refractivity contribution is 5.94. The van der Waals surface area contributed by atoms with Crippen LogP contribution in [-0.4, -0.2) is 52.8 Å². The minimum Gasteiger partial charge on any atom is -0.504 e. The molecule has 0 radical (unpaired) electrons. The lowest BCUT2D eigenvalue weighted by Crippen LogP contribution is -2.33. The Morgan fingerprint density at radius 1 is 1.17 bits per heavy atom. The molecule has 0 aliphatic heterocycles. The third kappa shape index (κ3) is 5.95. The lowest BCUT2D eigenvalue weighted by molar-refractivity contribution is -0.113. The number of aromatic nitrogens is 3. The van der Waals surface area contributed by atoms with Crippen LogP contribution in [0.4, 0.5) is 0 Å². The first-order valence-electron chi connectivity index (χ1n) is 11.7. The van der Waals surface area contributed by atoms with Gasteiger partial charge in [0.25, 0.3) is 11.5 Å². The van der Waals surface area contributed by atoms with E-state index in [0.717, 1.165) is 5.56 Å². The van der Waals surface area contributed by atoms with E-state index in [1.54, 1.807) is 23.8 Å². The van der Waals surface area contributed by atoms with Gasteiger partial charge in [-0.05, 0) is 51.0 Å². The van der Waals surface area contributed by atoms with Crippen molar-refractivity contribution in [3.05, 3.63) is 75.9 Å². The van der Waals surface area contributed by atoms with E-state index in [9.17, 15) is 14.4 Å². The van der Waals surface area contributed by atoms with E-state index in [0.29, 0.717) is 37.5 Å². The first-order chi connectivity index (χ1) is 17.4. The third-order valence-corrected chi connectivity index (χ3v) is 5.26. The summed E-state index contributed by atoms with van der Waals surface area (Å²) in [4.78, 5) is 48.1. The number of carbonyl (C=O) groups is 2. The summed E-state index contributed by atoms with van der Waals surface area (Å²) < 4.78 is 18.6. The molecule has 3 aromatic rings. The number of methoxy groups -OCH3 is 1. The summed E-state index contributed by atoms with van der Waals surface area (Å²) in [5.74, 6) is -1.30. The van der Waals surface area contributed by atoms with Gasteiger partial charge in [0.05, 0.1) is 25.4 Å². The van der Waals surface area contributed by atoms with Crippen molar-refractivity contribution in [3.8, 4) is 0 Å². The van der Waals surface area contributed by atoms with Crippen LogP contribution in [0.5, 0.6) is 0 Å². The molecule has 0 aliphatic carbocycles. The number of nitrogens with zero attached hydrogens (tertiary/aromatic N) is 4. The Morgan fingerprint density at radius 2 is 1.97 bits per heavy atom. The highest BCUT2D eigenvalue weighted by Crippen LogP contribution is 2.14. The van der Waals surface area contributed by atoms with Crippen molar-refractivity contribution in [2.75, 3.05) is 26.9 Å². The van der Waals surface area contributed by atoms with Gasteiger partial charge in [0.15, 0.2) is 5.49 Å². The number of aryl methyl sites for hydroxylation is 2. The minimum atomic E-state index is -0.693. The summed E-state index contributed by atoms with van der Waals surface area (Å²) in [6.07, 6.45) is 7.82. The molecular weight excluding hydrogens is 464 g/mol. The first-order valence-corrected chi connectivity index (χ1v) is 11.7. The molecule has 36 heavy (non-hydrogen) atoms. The maximum Gasteiger partial charge on any atom is 0.341 e. The largest absolute Gasteiger partial charge is 0.504 e. The number of allylic oxidation sites excluding steroid dienone is 2. The van der Waals surface area contributed by atoms with Crippen molar-refractivity contribution in [1.29, 1.82) is 0 Å². The third-order valence-electron chi connectivity index (χ3n) is 5.26. The molecule has 0 spiro atoms. The van der Waals surface area contributed by atoms with E-state index in [1.165, 1.54) is 42.1 Å². The van der Waals surface area contributed by atoms with E-state index < -0.39 is 11.9 Å². The molecule has 0 saturated heterocycles. The van der Waals surface area contributed by atoms with Crippen LogP contribution in [-0.2, 0) is 25.5 Å². The van der Waals surface area contributed by atoms with Gasteiger partial charge in [0.2, 0.25) is 0 Å². The lowest BCUT2D eigenvalue weighted by Gasteiger charge is -2.15. The van der Waals surface area contributed by atoms with E-state index in [1.807, 2.05) is 19.9 Å². The molecule has 10 nitrogen and oxygen atoms in total. The maximum absolute atomic E-state index is 13.4. The Morgan fingerprint density at radius 3 is 2.69 bits per heavy atom. The molecule has 0 fully saturated rings. The van der Waals surface area contributed by atoms with Gasteiger partial charge in [-0.15, -0.1) is 0 Å². The highest BCUT2D eigenvalue weighted by atomic mass is 16.5. The molecule has 0 bridgehead atoms. The lowest BCUT2D eigenvalue weighted by atomic mass is 10.2. The number of fused-ring (bicyclic) bond motifs is 2. The normalized spacial score (nSPS) is 12.3. The molecule has 3 heterocycles. The molecule has 10 heteroatoms. The average molecular weight is 495 g/mol. The summed E-state index contributed by atoms with van der Waals surface area (Å²) in [5, 5.41) is 0.211. The smallest absolute Gasteiger partial charge is 0.341 e. The second-order valence-corrected chi connectivity index (χ2v) is 7.72. The highest BCUT2D eigenvalue weighted by Gasteiger charge is 2.20. The van der Waals surface area contributed by atoms with Crippen molar-refractivity contribution in [2.24, 2.45) is 4.99 Å². The molecular formula is C26H30N4O6. The maximum atomic E-state index is 13.4. The fourth-order valence-electron chi connectivity index (χ4n) is 3.65. The summed E-state index contributed by atoms with van der Waals surface area (Å²) in [7, 11) is 1.49. The molecule has 0 aliphatic rings. The van der Waals surface area contributed by atoms with E-state index in [2.05, 4.69) is 4.99 Å². The summed E-state index contributed by atoms with van der Waals surface area (Å²) in [6, 6.07) is 5.01. The number of hydrogen-bond acceptors (Lipinski definition) is 7. The average Bonchev–Trinajstić information content (AvgIpc) is 2.86. The first kappa shape index (κ1) is 26.6. The summed E-state index contributed by atoms with van der Waals surface area (Å²) >= 11 is 0. The Labute approximate surface area is 208 Å². The van der Waals surface area contributed by atoms with Crippen LogP contribution in [0.15, 0.2) is 58.7 Å². The Bertz CT molecular complexity index is 1450. The molecule has 3 aromatic heterocycles. The van der Waals surface area contributed by atoms with Crippen LogP contribution in [0.1, 0.15) is 36.2 Å². The molecule has 0 saturated carbocycles. The number of amides is 1. The van der Waals surface area contributed by atoms with Crippen molar-refractivity contribution >= 4 is 28.6 Å². The van der Waals surface area contributed by atoms with Crippen LogP contribution in [0.2, 0.25) is 0 Å². The van der Waals surface area contributed by atoms with Crippen molar-refractivity contribution in [3.63, 3.8) is 0 Å². The van der Waals surface area contributed by atoms with E-state index >= 15 is 0 Å². The fraction of sp³-hybridized carbons (Fsp3) is 0.346. The molecule has 3 rings (SSSR count). The number of pyridine rings is 2. The predicted molar refractivity (Wildman–Crippen MR) is 135 cm³/mol. The molecule has 190 valence electrons. The van der Waals surface area contributed by atoms with E-state index in [4.69, 9.17) is 19.2 Å². The van der Waals surface area contributed by atoms with Gasteiger partial charge >= 0.3 is 5.97 Å². The quantitative estimate of drug-likeness (QED) is 0.106. The van der Waals surface area contributed by atoms with Gasteiger partial charge < -0.3 is 18.8 Å². The van der Waals surface area contributed by atoms with Gasteiger partial charge in [-0.2, -0.15) is 4.99 Å². The molecule has 0 unspecified atom stereocenters. The number of carbonyl (C=O) groups excluding carboxylic acids is 2. The van der Waals surface area contributed by atoms with Crippen LogP contribution >= 0.6 is 0 Å². The zero-order valence-corrected chi connectivity index (χ0v) is 20.9. The standard InChI is InChI=1S/C26H30N4O6/c1-5-35-16-10-14-29-23-19(25(32)30-13-9-11-18(3)22(30)28-23)17-20(26(33)36-6-2)24(29)27-21(31)12-7-8-15-34-4/h7-9,11-13,15,17H,5-6,10,14,16H2,1-4H3/b12-7+,15-8-,27-24?. The van der Waals surface area contributed by atoms with Gasteiger partial charge in [0, 0.05) is 32.0 Å². The van der Waals surface area contributed by atoms with Crippen LogP contribution < -0.4 is 11.0 Å². The van der Waals surface area contributed by atoms with Crippen LogP contribution in [0, 0.1) is 6.92 Å². The monoisotopic (exact) mass is 494 g/mol.